The number of piperazine rings is 1. The van der Waals surface area contributed by atoms with Gasteiger partial charge in [0.2, 0.25) is 0 Å². The van der Waals surface area contributed by atoms with Gasteiger partial charge < -0.3 is 30.4 Å². The highest BCUT2D eigenvalue weighted by atomic mass is 16.4. The zero-order valence-corrected chi connectivity index (χ0v) is 24.0. The largest absolute Gasteiger partial charge is 0.550 e. The molecule has 0 unspecified atom stereocenters. The molecular formula is C28H50N4O4-2. The Hall–Kier alpha value is -1.22. The molecule has 2 N–H and O–H groups in total. The van der Waals surface area contributed by atoms with Crippen molar-refractivity contribution in [3.8, 4) is 0 Å². The average Bonchev–Trinajstić information content (AvgIpc) is 2.66. The summed E-state index contributed by atoms with van der Waals surface area (Å²) in [6.45, 7) is 21.3. The molecule has 0 amide bonds. The van der Waals surface area contributed by atoms with Crippen molar-refractivity contribution < 1.29 is 19.8 Å². The Bertz CT molecular complexity index is 752. The minimum atomic E-state index is -1.02. The number of aliphatic carboxylic acids is 2. The molecule has 3 fully saturated rings. The third-order valence-electron chi connectivity index (χ3n) is 8.76. The predicted octanol–water partition coefficient (Wildman–Crippen LogP) is 0.736. The van der Waals surface area contributed by atoms with E-state index in [1.165, 1.54) is 0 Å². The maximum Gasteiger partial charge on any atom is 0.0427 e. The molecule has 36 heavy (non-hydrogen) atoms. The van der Waals surface area contributed by atoms with E-state index in [4.69, 9.17) is 0 Å². The zero-order valence-electron chi connectivity index (χ0n) is 24.0. The van der Waals surface area contributed by atoms with E-state index in [9.17, 15) is 19.8 Å². The van der Waals surface area contributed by atoms with E-state index in [1.807, 2.05) is 0 Å². The molecule has 0 aromatic rings. The van der Waals surface area contributed by atoms with Gasteiger partial charge >= 0.3 is 0 Å². The van der Waals surface area contributed by atoms with Crippen LogP contribution in [-0.2, 0) is 9.59 Å². The van der Waals surface area contributed by atoms with Crippen LogP contribution in [0.5, 0.6) is 0 Å². The molecular weight excluding hydrogens is 456 g/mol. The van der Waals surface area contributed by atoms with Gasteiger partial charge in [0.1, 0.15) is 0 Å². The van der Waals surface area contributed by atoms with Gasteiger partial charge in [-0.2, -0.15) is 0 Å². The number of nitrogens with one attached hydrogen (secondary N) is 2. The molecule has 0 spiro atoms. The maximum absolute atomic E-state index is 11.6. The first-order valence-corrected chi connectivity index (χ1v) is 13.8. The molecule has 0 atom stereocenters. The van der Waals surface area contributed by atoms with Crippen molar-refractivity contribution in [2.75, 3.05) is 32.7 Å². The molecule has 0 aromatic heterocycles. The van der Waals surface area contributed by atoms with Crippen LogP contribution in [0.4, 0.5) is 0 Å². The van der Waals surface area contributed by atoms with Crippen molar-refractivity contribution in [2.45, 2.75) is 122 Å². The quantitative estimate of drug-likeness (QED) is 0.496. The van der Waals surface area contributed by atoms with Crippen molar-refractivity contribution in [1.29, 1.82) is 0 Å². The molecule has 208 valence electrons. The van der Waals surface area contributed by atoms with Gasteiger partial charge in [-0.15, -0.1) is 0 Å². The average molecular weight is 507 g/mol. The lowest BCUT2D eigenvalue weighted by Crippen LogP contribution is -2.75. The molecule has 0 aliphatic carbocycles. The van der Waals surface area contributed by atoms with Crippen molar-refractivity contribution >= 4 is 11.9 Å². The molecule has 0 bridgehead atoms. The number of hydrogen-bond acceptors (Lipinski definition) is 8. The summed E-state index contributed by atoms with van der Waals surface area (Å²) >= 11 is 0. The lowest BCUT2D eigenvalue weighted by Gasteiger charge is -2.65. The molecule has 0 saturated carbocycles. The number of carbonyl (C=O) groups excluding carboxylic acids is 2. The number of hydrogen-bond donors (Lipinski definition) is 2. The summed E-state index contributed by atoms with van der Waals surface area (Å²) in [5, 5.41) is 30.6. The molecule has 3 saturated heterocycles. The summed E-state index contributed by atoms with van der Waals surface area (Å²) in [4.78, 5) is 27.7. The van der Waals surface area contributed by atoms with E-state index in [0.29, 0.717) is 24.9 Å². The smallest absolute Gasteiger partial charge is 0.0427 e. The number of carbonyl (C=O) groups is 2. The van der Waals surface area contributed by atoms with Crippen molar-refractivity contribution in [2.24, 2.45) is 11.8 Å². The van der Waals surface area contributed by atoms with Gasteiger partial charge in [-0.1, -0.05) is 0 Å². The molecule has 3 rings (SSSR count). The minimum Gasteiger partial charge on any atom is -0.550 e. The van der Waals surface area contributed by atoms with Gasteiger partial charge in [-0.05, 0) is 106 Å². The fraction of sp³-hybridized carbons (Fsp3) is 0.929. The van der Waals surface area contributed by atoms with E-state index in [2.05, 4.69) is 75.8 Å². The first-order chi connectivity index (χ1) is 16.3. The first-order valence-electron chi connectivity index (χ1n) is 13.8. The number of carboxylic acid groups (broad SMARTS) is 2. The Kier molecular flexibility index (Phi) is 8.28. The van der Waals surface area contributed by atoms with E-state index in [0.717, 1.165) is 45.3 Å². The highest BCUT2D eigenvalue weighted by Gasteiger charge is 2.58. The van der Waals surface area contributed by atoms with E-state index in [1.54, 1.807) is 0 Å². The Morgan fingerprint density at radius 2 is 1.08 bits per heavy atom. The summed E-state index contributed by atoms with van der Waals surface area (Å²) in [5.74, 6) is -1.38. The van der Waals surface area contributed by atoms with Crippen molar-refractivity contribution in [1.82, 2.24) is 20.4 Å². The Labute approximate surface area is 218 Å². The van der Waals surface area contributed by atoms with Gasteiger partial charge in [0.05, 0.1) is 0 Å². The molecule has 0 aromatic carbocycles. The second-order valence-electron chi connectivity index (χ2n) is 14.5. The van der Waals surface area contributed by atoms with Crippen LogP contribution in [0.3, 0.4) is 0 Å². The number of carboxylic acids is 2. The van der Waals surface area contributed by atoms with Crippen molar-refractivity contribution in [3.05, 3.63) is 0 Å². The molecule has 3 heterocycles. The highest BCUT2D eigenvalue weighted by Crippen LogP contribution is 2.51. The molecule has 0 radical (unpaired) electrons. The van der Waals surface area contributed by atoms with Crippen LogP contribution in [-0.4, -0.2) is 82.2 Å². The number of nitrogens with zero attached hydrogens (tertiary/aromatic N) is 2. The third kappa shape index (κ3) is 7.00. The number of piperidine rings is 2. The normalized spacial score (nSPS) is 28.6. The SMILES string of the molecule is CC1(C)CC(C2(C3CC(C)(C)NC(C)(C)C3)CN(CCC(=O)[O-])CCN2CCC(=O)[O-])CC(C)(C)N1. The second-order valence-corrected chi connectivity index (χ2v) is 14.5. The lowest BCUT2D eigenvalue weighted by atomic mass is 9.57. The zero-order chi connectivity index (χ0) is 27.2. The van der Waals surface area contributed by atoms with Gasteiger partial charge in [0.15, 0.2) is 0 Å². The van der Waals surface area contributed by atoms with Crippen LogP contribution in [0.25, 0.3) is 0 Å². The third-order valence-corrected chi connectivity index (χ3v) is 8.76. The summed E-state index contributed by atoms with van der Waals surface area (Å²) < 4.78 is 0. The molecule has 8 nitrogen and oxygen atoms in total. The summed E-state index contributed by atoms with van der Waals surface area (Å²) in [5.41, 5.74) is -0.530. The maximum atomic E-state index is 11.6. The molecule has 3 aliphatic rings. The Morgan fingerprint density at radius 1 is 0.694 bits per heavy atom. The van der Waals surface area contributed by atoms with Gasteiger partial charge in [-0.25, -0.2) is 0 Å². The van der Waals surface area contributed by atoms with E-state index in [-0.39, 0.29) is 40.5 Å². The van der Waals surface area contributed by atoms with Crippen LogP contribution in [0.1, 0.15) is 93.9 Å². The predicted molar refractivity (Wildman–Crippen MR) is 138 cm³/mol. The van der Waals surface area contributed by atoms with Gasteiger partial charge in [-0.3, -0.25) is 9.80 Å². The topological polar surface area (TPSA) is 111 Å². The fourth-order valence-corrected chi connectivity index (χ4v) is 8.45. The molecule has 3 aliphatic heterocycles. The fourth-order valence-electron chi connectivity index (χ4n) is 8.45. The monoisotopic (exact) mass is 506 g/mol. The highest BCUT2D eigenvalue weighted by molar-refractivity contribution is 5.64. The standard InChI is InChI=1S/C28H52N4O4/c1-24(2)15-20(16-25(3,4)29-24)28(21-17-26(5,6)30-27(7,8)18-21)19-31(11-9-22(33)34)13-14-32(28)12-10-23(35)36/h20-21,29-30H,9-19H2,1-8H3,(H,33,34)(H,35,36)/p-2. The summed E-state index contributed by atoms with van der Waals surface area (Å²) in [7, 11) is 0. The van der Waals surface area contributed by atoms with Crippen LogP contribution >= 0.6 is 0 Å². The van der Waals surface area contributed by atoms with E-state index >= 15 is 0 Å². The van der Waals surface area contributed by atoms with Crippen LogP contribution < -0.4 is 20.8 Å². The Morgan fingerprint density at radius 3 is 1.47 bits per heavy atom. The summed E-state index contributed by atoms with van der Waals surface area (Å²) in [6, 6.07) is 0. The first kappa shape index (κ1) is 29.3. The van der Waals surface area contributed by atoms with Crippen molar-refractivity contribution in [3.63, 3.8) is 0 Å². The summed E-state index contributed by atoms with van der Waals surface area (Å²) in [6.07, 6.45) is 3.96. The van der Waals surface area contributed by atoms with Gasteiger partial charge in [0.25, 0.3) is 0 Å². The molecule has 8 heteroatoms. The van der Waals surface area contributed by atoms with E-state index < -0.39 is 11.9 Å². The minimum absolute atomic E-state index is 0.0102. The lowest BCUT2D eigenvalue weighted by molar-refractivity contribution is -0.308. The van der Waals surface area contributed by atoms with Crippen LogP contribution in [0.2, 0.25) is 0 Å². The van der Waals surface area contributed by atoms with Gasteiger partial charge in [0, 0.05) is 72.4 Å². The van der Waals surface area contributed by atoms with Crippen LogP contribution in [0, 0.1) is 11.8 Å². The van der Waals surface area contributed by atoms with Crippen LogP contribution in [0.15, 0.2) is 0 Å². The second kappa shape index (κ2) is 10.2. The number of rotatable bonds is 8. The Balaban J connectivity index is 2.13.